The van der Waals surface area contributed by atoms with Crippen molar-refractivity contribution in [3.63, 3.8) is 0 Å². The molecular formula is C14H23ClN2. The van der Waals surface area contributed by atoms with Gasteiger partial charge in [0.25, 0.3) is 0 Å². The van der Waals surface area contributed by atoms with Crippen LogP contribution in [-0.2, 0) is 19.9 Å². The van der Waals surface area contributed by atoms with Crippen molar-refractivity contribution in [3.8, 4) is 0 Å². The third-order valence-electron chi connectivity index (χ3n) is 4.01. The van der Waals surface area contributed by atoms with E-state index >= 15 is 0 Å². The van der Waals surface area contributed by atoms with E-state index in [0.29, 0.717) is 11.3 Å². The molecule has 3 heteroatoms. The van der Waals surface area contributed by atoms with E-state index in [1.54, 1.807) is 0 Å². The fourth-order valence-corrected chi connectivity index (χ4v) is 3.19. The van der Waals surface area contributed by atoms with Gasteiger partial charge in [-0.1, -0.05) is 13.8 Å². The van der Waals surface area contributed by atoms with E-state index in [0.717, 1.165) is 18.8 Å². The third kappa shape index (κ3) is 3.04. The summed E-state index contributed by atoms with van der Waals surface area (Å²) in [5.74, 6) is 1.45. The zero-order valence-electron chi connectivity index (χ0n) is 11.1. The summed E-state index contributed by atoms with van der Waals surface area (Å²) in [7, 11) is 2.05. The average molecular weight is 255 g/mol. The van der Waals surface area contributed by atoms with Crippen molar-refractivity contribution in [2.45, 2.75) is 51.3 Å². The number of alkyl halides is 1. The lowest BCUT2D eigenvalue weighted by Gasteiger charge is -2.31. The lowest BCUT2D eigenvalue weighted by atomic mass is 9.80. The molecule has 1 aromatic heterocycles. The summed E-state index contributed by atoms with van der Waals surface area (Å²) in [5, 5.41) is 4.87. The molecule has 1 aliphatic carbocycles. The molecule has 96 valence electrons. The monoisotopic (exact) mass is 254 g/mol. The second-order valence-electron chi connectivity index (χ2n) is 5.50. The summed E-state index contributed by atoms with van der Waals surface area (Å²) in [5.41, 5.74) is 2.53. The molecule has 1 aromatic rings. The normalized spacial score (nSPS) is 29.5. The lowest BCUT2D eigenvalue weighted by Crippen LogP contribution is -2.26. The molecule has 3 unspecified atom stereocenters. The minimum Gasteiger partial charge on any atom is -0.272 e. The Morgan fingerprint density at radius 2 is 2.24 bits per heavy atom. The molecule has 0 saturated heterocycles. The molecule has 0 amide bonds. The van der Waals surface area contributed by atoms with Crippen LogP contribution >= 0.6 is 11.6 Å². The summed E-state index contributed by atoms with van der Waals surface area (Å²) in [4.78, 5) is 0. The third-order valence-corrected chi connectivity index (χ3v) is 4.59. The van der Waals surface area contributed by atoms with Crippen LogP contribution in [0.3, 0.4) is 0 Å². The molecule has 0 aromatic carbocycles. The molecule has 0 bridgehead atoms. The lowest BCUT2D eigenvalue weighted by molar-refractivity contribution is 0.283. The van der Waals surface area contributed by atoms with Crippen LogP contribution in [-0.4, -0.2) is 15.2 Å². The first-order valence-electron chi connectivity index (χ1n) is 6.76. The fourth-order valence-electron chi connectivity index (χ4n) is 2.88. The molecule has 1 aliphatic rings. The topological polar surface area (TPSA) is 17.8 Å². The van der Waals surface area contributed by atoms with Gasteiger partial charge in [-0.05, 0) is 50.0 Å². The van der Waals surface area contributed by atoms with Crippen LogP contribution in [0.2, 0.25) is 0 Å². The molecule has 1 fully saturated rings. The van der Waals surface area contributed by atoms with Crippen LogP contribution in [0.1, 0.15) is 44.5 Å². The van der Waals surface area contributed by atoms with Gasteiger partial charge in [0.15, 0.2) is 0 Å². The smallest absolute Gasteiger partial charge is 0.0624 e. The van der Waals surface area contributed by atoms with E-state index in [2.05, 4.69) is 25.0 Å². The second kappa shape index (κ2) is 5.43. The number of hydrogen-bond donors (Lipinski definition) is 0. The van der Waals surface area contributed by atoms with Crippen LogP contribution in [0, 0.1) is 11.8 Å². The van der Waals surface area contributed by atoms with Crippen molar-refractivity contribution in [1.82, 2.24) is 9.78 Å². The number of aromatic nitrogens is 2. The van der Waals surface area contributed by atoms with Gasteiger partial charge in [-0.15, -0.1) is 11.6 Å². The first-order valence-corrected chi connectivity index (χ1v) is 7.19. The minimum absolute atomic E-state index is 0.353. The maximum Gasteiger partial charge on any atom is 0.0624 e. The predicted molar refractivity (Wildman–Crippen MR) is 72.4 cm³/mol. The largest absolute Gasteiger partial charge is 0.272 e. The van der Waals surface area contributed by atoms with Crippen LogP contribution in [0.5, 0.6) is 0 Å². The van der Waals surface area contributed by atoms with Gasteiger partial charge < -0.3 is 0 Å². The Morgan fingerprint density at radius 1 is 1.47 bits per heavy atom. The van der Waals surface area contributed by atoms with Gasteiger partial charge in [-0.3, -0.25) is 4.68 Å². The summed E-state index contributed by atoms with van der Waals surface area (Å²) in [6.07, 6.45) is 5.82. The van der Waals surface area contributed by atoms with Gasteiger partial charge in [0.05, 0.1) is 5.69 Å². The highest BCUT2D eigenvalue weighted by atomic mass is 35.5. The second-order valence-corrected chi connectivity index (χ2v) is 6.06. The Morgan fingerprint density at radius 3 is 2.88 bits per heavy atom. The SMILES string of the molecule is CCc1cc(CC2CC(C)CCC2Cl)n(C)n1. The number of halogens is 1. The minimum atomic E-state index is 0.353. The maximum atomic E-state index is 6.46. The van der Waals surface area contributed by atoms with Crippen LogP contribution in [0.4, 0.5) is 0 Å². The van der Waals surface area contributed by atoms with Gasteiger partial charge in [0.2, 0.25) is 0 Å². The summed E-state index contributed by atoms with van der Waals surface area (Å²) < 4.78 is 2.03. The van der Waals surface area contributed by atoms with E-state index in [1.165, 1.54) is 30.7 Å². The van der Waals surface area contributed by atoms with Crippen LogP contribution < -0.4 is 0 Å². The van der Waals surface area contributed by atoms with Crippen molar-refractivity contribution in [1.29, 1.82) is 0 Å². The quantitative estimate of drug-likeness (QED) is 0.754. The predicted octanol–water partition coefficient (Wildman–Crippen LogP) is 3.57. The van der Waals surface area contributed by atoms with Crippen molar-refractivity contribution in [3.05, 3.63) is 17.5 Å². The van der Waals surface area contributed by atoms with Gasteiger partial charge in [0.1, 0.15) is 0 Å². The average Bonchev–Trinajstić information content (AvgIpc) is 2.65. The van der Waals surface area contributed by atoms with Crippen LogP contribution in [0.25, 0.3) is 0 Å². The molecule has 2 rings (SSSR count). The van der Waals surface area contributed by atoms with E-state index in [9.17, 15) is 0 Å². The van der Waals surface area contributed by atoms with E-state index in [-0.39, 0.29) is 0 Å². The van der Waals surface area contributed by atoms with Crippen LogP contribution in [0.15, 0.2) is 6.07 Å². The zero-order valence-corrected chi connectivity index (χ0v) is 11.9. The highest BCUT2D eigenvalue weighted by Gasteiger charge is 2.27. The first kappa shape index (κ1) is 12.9. The molecule has 1 saturated carbocycles. The molecule has 3 atom stereocenters. The molecular weight excluding hydrogens is 232 g/mol. The highest BCUT2D eigenvalue weighted by molar-refractivity contribution is 6.20. The van der Waals surface area contributed by atoms with E-state index < -0.39 is 0 Å². The first-order chi connectivity index (χ1) is 8.10. The van der Waals surface area contributed by atoms with Crippen molar-refractivity contribution in [2.24, 2.45) is 18.9 Å². The Bertz CT molecular complexity index is 372. The molecule has 0 aliphatic heterocycles. The summed E-state index contributed by atoms with van der Waals surface area (Å²) in [6.45, 7) is 4.50. The van der Waals surface area contributed by atoms with Crippen molar-refractivity contribution in [2.75, 3.05) is 0 Å². The highest BCUT2D eigenvalue weighted by Crippen LogP contribution is 2.34. The number of rotatable bonds is 3. The van der Waals surface area contributed by atoms with Gasteiger partial charge >= 0.3 is 0 Å². The van der Waals surface area contributed by atoms with Crippen molar-refractivity contribution < 1.29 is 0 Å². The Balaban J connectivity index is 2.05. The Hall–Kier alpha value is -0.500. The molecule has 0 radical (unpaired) electrons. The molecule has 0 N–H and O–H groups in total. The maximum absolute atomic E-state index is 6.46. The summed E-state index contributed by atoms with van der Waals surface area (Å²) in [6, 6.07) is 2.24. The molecule has 1 heterocycles. The van der Waals surface area contributed by atoms with E-state index in [4.69, 9.17) is 11.6 Å². The Labute approximate surface area is 109 Å². The molecule has 17 heavy (non-hydrogen) atoms. The van der Waals surface area contributed by atoms with Gasteiger partial charge in [-0.25, -0.2) is 0 Å². The van der Waals surface area contributed by atoms with Gasteiger partial charge in [0, 0.05) is 18.1 Å². The fraction of sp³-hybridized carbons (Fsp3) is 0.786. The summed E-state index contributed by atoms with van der Waals surface area (Å²) >= 11 is 6.46. The molecule has 2 nitrogen and oxygen atoms in total. The van der Waals surface area contributed by atoms with Crippen molar-refractivity contribution >= 4 is 11.6 Å². The van der Waals surface area contributed by atoms with Gasteiger partial charge in [-0.2, -0.15) is 5.10 Å². The number of nitrogens with zero attached hydrogens (tertiary/aromatic N) is 2. The zero-order chi connectivity index (χ0) is 12.4. The van der Waals surface area contributed by atoms with E-state index in [1.807, 2.05) is 11.7 Å². The standard InChI is InChI=1S/C14H23ClN2/c1-4-12-9-13(17(3)16-12)8-11-7-10(2)5-6-14(11)15/h9-11,14H,4-8H2,1-3H3. The molecule has 0 spiro atoms. The number of hydrogen-bond acceptors (Lipinski definition) is 1. The Kier molecular flexibility index (Phi) is 4.13. The number of aryl methyl sites for hydroxylation is 2.